The van der Waals surface area contributed by atoms with Crippen molar-refractivity contribution in [3.63, 3.8) is 0 Å². The molecule has 1 aliphatic carbocycles. The van der Waals surface area contributed by atoms with Crippen molar-refractivity contribution in [2.75, 3.05) is 13.1 Å². The van der Waals surface area contributed by atoms with Gasteiger partial charge in [-0.2, -0.15) is 0 Å². The number of β-amino-alcohol motifs (C(OH)–C–C–N with tert-alkyl or cyclic N) is 1. The molecule has 1 fully saturated rings. The van der Waals surface area contributed by atoms with Crippen LogP contribution in [-0.2, 0) is 18.4 Å². The van der Waals surface area contributed by atoms with Gasteiger partial charge in [-0.15, -0.1) is 5.10 Å². The molecule has 2 heterocycles. The van der Waals surface area contributed by atoms with Gasteiger partial charge in [0.2, 0.25) is 0 Å². The van der Waals surface area contributed by atoms with Crippen molar-refractivity contribution in [3.05, 3.63) is 46.8 Å². The van der Waals surface area contributed by atoms with Gasteiger partial charge >= 0.3 is 0 Å². The molecular formula is C19H24N4O2. The molecule has 0 bridgehead atoms. The molecule has 1 saturated heterocycles. The van der Waals surface area contributed by atoms with Gasteiger partial charge in [0.25, 0.3) is 5.91 Å². The van der Waals surface area contributed by atoms with Crippen LogP contribution in [0.2, 0.25) is 0 Å². The fraction of sp³-hybridized carbons (Fsp3) is 0.526. The summed E-state index contributed by atoms with van der Waals surface area (Å²) in [5.41, 5.74) is 2.72. The number of likely N-dealkylation sites (tertiary alicyclic amines) is 1. The molecule has 25 heavy (non-hydrogen) atoms. The van der Waals surface area contributed by atoms with Crippen LogP contribution in [-0.4, -0.2) is 44.0 Å². The summed E-state index contributed by atoms with van der Waals surface area (Å²) < 4.78 is 1.74. The molecule has 0 spiro atoms. The molecule has 6 heteroatoms. The van der Waals surface area contributed by atoms with E-state index in [4.69, 9.17) is 0 Å². The standard InChI is InChI=1S/C19H24N4O2/c1-13(2)23-11-17(20-21-23)19(25)9-10-22(12-19)18(24)16-8-4-6-14-5-3-7-15(14)16/h4,6,8,11,13,25H,3,5,7,9-10,12H2,1-2H3/t19-/m1/s1. The second-order valence-corrected chi connectivity index (χ2v) is 7.48. The van der Waals surface area contributed by atoms with Gasteiger partial charge in [0, 0.05) is 24.6 Å². The van der Waals surface area contributed by atoms with Crippen LogP contribution in [0.25, 0.3) is 0 Å². The summed E-state index contributed by atoms with van der Waals surface area (Å²) in [7, 11) is 0. The summed E-state index contributed by atoms with van der Waals surface area (Å²) in [5.74, 6) is 0.0194. The number of nitrogens with zero attached hydrogens (tertiary/aromatic N) is 4. The van der Waals surface area contributed by atoms with Gasteiger partial charge in [0.05, 0.1) is 12.7 Å². The van der Waals surface area contributed by atoms with Gasteiger partial charge in [-0.3, -0.25) is 4.79 Å². The number of amides is 1. The zero-order chi connectivity index (χ0) is 17.6. The van der Waals surface area contributed by atoms with Crippen molar-refractivity contribution < 1.29 is 9.90 Å². The molecule has 4 rings (SSSR count). The summed E-state index contributed by atoms with van der Waals surface area (Å²) >= 11 is 0. The molecular weight excluding hydrogens is 316 g/mol. The van der Waals surface area contributed by atoms with Crippen molar-refractivity contribution in [1.29, 1.82) is 0 Å². The fourth-order valence-electron chi connectivity index (χ4n) is 3.91. The second kappa shape index (κ2) is 5.95. The molecule has 1 amide bonds. The first kappa shape index (κ1) is 16.3. The van der Waals surface area contributed by atoms with Gasteiger partial charge < -0.3 is 10.0 Å². The van der Waals surface area contributed by atoms with E-state index in [9.17, 15) is 9.90 Å². The van der Waals surface area contributed by atoms with Crippen LogP contribution in [0.15, 0.2) is 24.4 Å². The van der Waals surface area contributed by atoms with E-state index in [2.05, 4.69) is 16.4 Å². The molecule has 1 aliphatic heterocycles. The minimum absolute atomic E-state index is 0.0194. The molecule has 1 N–H and O–H groups in total. The molecule has 0 unspecified atom stereocenters. The van der Waals surface area contributed by atoms with Gasteiger partial charge in [-0.25, -0.2) is 4.68 Å². The van der Waals surface area contributed by atoms with Crippen LogP contribution in [0.5, 0.6) is 0 Å². The maximum Gasteiger partial charge on any atom is 0.254 e. The maximum absolute atomic E-state index is 13.0. The summed E-state index contributed by atoms with van der Waals surface area (Å²) in [6, 6.07) is 6.19. The fourth-order valence-corrected chi connectivity index (χ4v) is 3.91. The summed E-state index contributed by atoms with van der Waals surface area (Å²) in [5, 5.41) is 19.2. The highest BCUT2D eigenvalue weighted by Gasteiger charge is 2.42. The quantitative estimate of drug-likeness (QED) is 0.929. The summed E-state index contributed by atoms with van der Waals surface area (Å²) in [6.07, 6.45) is 5.42. The summed E-state index contributed by atoms with van der Waals surface area (Å²) in [4.78, 5) is 14.8. The minimum atomic E-state index is -1.11. The Bertz CT molecular complexity index is 814. The van der Waals surface area contributed by atoms with E-state index in [0.717, 1.165) is 24.8 Å². The lowest BCUT2D eigenvalue weighted by molar-refractivity contribution is 0.0381. The number of carbonyl (C=O) groups is 1. The first-order chi connectivity index (χ1) is 12.0. The van der Waals surface area contributed by atoms with Crippen molar-refractivity contribution >= 4 is 5.91 Å². The van der Waals surface area contributed by atoms with Gasteiger partial charge in [-0.05, 0) is 50.3 Å². The minimum Gasteiger partial charge on any atom is -0.381 e. The number of benzene rings is 1. The highest BCUT2D eigenvalue weighted by molar-refractivity contribution is 5.96. The molecule has 1 aromatic heterocycles. The van der Waals surface area contributed by atoms with Crippen molar-refractivity contribution in [1.82, 2.24) is 19.9 Å². The van der Waals surface area contributed by atoms with E-state index >= 15 is 0 Å². The van der Waals surface area contributed by atoms with Crippen molar-refractivity contribution in [2.45, 2.75) is 51.2 Å². The Morgan fingerprint density at radius 2 is 2.16 bits per heavy atom. The molecule has 2 aliphatic rings. The molecule has 0 saturated carbocycles. The molecule has 2 aromatic rings. The van der Waals surface area contributed by atoms with E-state index in [-0.39, 0.29) is 18.5 Å². The Balaban J connectivity index is 1.56. The molecule has 132 valence electrons. The first-order valence-corrected chi connectivity index (χ1v) is 9.03. The summed E-state index contributed by atoms with van der Waals surface area (Å²) in [6.45, 7) is 4.84. The van der Waals surface area contributed by atoms with Crippen LogP contribution >= 0.6 is 0 Å². The van der Waals surface area contributed by atoms with Crippen molar-refractivity contribution in [2.24, 2.45) is 0 Å². The Hall–Kier alpha value is -2.21. The maximum atomic E-state index is 13.0. The van der Waals surface area contributed by atoms with Crippen LogP contribution in [0.1, 0.15) is 59.9 Å². The average Bonchev–Trinajstić information content (AvgIpc) is 3.32. The Labute approximate surface area is 147 Å². The Morgan fingerprint density at radius 3 is 2.92 bits per heavy atom. The third kappa shape index (κ3) is 2.74. The zero-order valence-electron chi connectivity index (χ0n) is 14.8. The predicted molar refractivity (Wildman–Crippen MR) is 93.3 cm³/mol. The van der Waals surface area contributed by atoms with Gasteiger partial charge in [-0.1, -0.05) is 17.3 Å². The molecule has 1 aromatic carbocycles. The predicted octanol–water partition coefficient (Wildman–Crippen LogP) is 2.08. The number of aromatic nitrogens is 3. The van der Waals surface area contributed by atoms with Crippen LogP contribution in [0.4, 0.5) is 0 Å². The number of fused-ring (bicyclic) bond motifs is 1. The van der Waals surface area contributed by atoms with Crippen LogP contribution in [0.3, 0.4) is 0 Å². The molecule has 1 atom stereocenters. The normalized spacial score (nSPS) is 22.6. The Morgan fingerprint density at radius 1 is 1.32 bits per heavy atom. The lowest BCUT2D eigenvalue weighted by Crippen LogP contribution is -2.35. The van der Waals surface area contributed by atoms with Crippen molar-refractivity contribution in [3.8, 4) is 0 Å². The number of aryl methyl sites for hydroxylation is 1. The molecule has 6 nitrogen and oxygen atoms in total. The number of hydrogen-bond acceptors (Lipinski definition) is 4. The third-order valence-corrected chi connectivity index (χ3v) is 5.43. The monoisotopic (exact) mass is 340 g/mol. The SMILES string of the molecule is CC(C)n1cc([C@@]2(O)CCN(C(=O)c3cccc4c3CCC4)C2)nn1. The second-order valence-electron chi connectivity index (χ2n) is 7.48. The van der Waals surface area contributed by atoms with Gasteiger partial charge in [0.1, 0.15) is 11.3 Å². The van der Waals surface area contributed by atoms with E-state index < -0.39 is 5.60 Å². The van der Waals surface area contributed by atoms with Crippen LogP contribution in [0, 0.1) is 0 Å². The highest BCUT2D eigenvalue weighted by Crippen LogP contribution is 2.33. The number of hydrogen-bond donors (Lipinski definition) is 1. The topological polar surface area (TPSA) is 71.2 Å². The van der Waals surface area contributed by atoms with E-state index in [1.807, 2.05) is 26.0 Å². The third-order valence-electron chi connectivity index (χ3n) is 5.43. The smallest absolute Gasteiger partial charge is 0.254 e. The number of carbonyl (C=O) groups excluding carboxylic acids is 1. The van der Waals surface area contributed by atoms with E-state index in [0.29, 0.717) is 18.7 Å². The highest BCUT2D eigenvalue weighted by atomic mass is 16.3. The lowest BCUT2D eigenvalue weighted by Gasteiger charge is -2.22. The number of aliphatic hydroxyl groups is 1. The lowest BCUT2D eigenvalue weighted by atomic mass is 9.99. The van der Waals surface area contributed by atoms with E-state index in [1.54, 1.807) is 15.8 Å². The zero-order valence-corrected chi connectivity index (χ0v) is 14.8. The van der Waals surface area contributed by atoms with Gasteiger partial charge in [0.15, 0.2) is 0 Å². The number of rotatable bonds is 3. The molecule has 0 radical (unpaired) electrons. The van der Waals surface area contributed by atoms with E-state index in [1.165, 1.54) is 11.1 Å². The Kier molecular flexibility index (Phi) is 3.87. The average molecular weight is 340 g/mol. The first-order valence-electron chi connectivity index (χ1n) is 9.03. The van der Waals surface area contributed by atoms with Crippen LogP contribution < -0.4 is 0 Å². The largest absolute Gasteiger partial charge is 0.381 e.